The maximum atomic E-state index is 13.7. The number of amides is 3. The predicted molar refractivity (Wildman–Crippen MR) is 184 cm³/mol. The standard InChI is InChI=1S/C37H54N4O7/c1-5-30(24-42)35(44)32(21-26(2)3)39-37(46)33(25-47-4)40-36(45)31(16-15-27-9-7-6-8-10-27)38-34(43)22-28-11-13-29(14-12-28)23-41-17-19-48-20-18-41/h6-14,26,30-33,42H,5,15-25H2,1-4H3,(H,38,43)(H,39,46)(H,40,45)/t30?,31-,32-,33-/m0/s1. The highest BCUT2D eigenvalue weighted by Gasteiger charge is 2.32. The summed E-state index contributed by atoms with van der Waals surface area (Å²) in [5.74, 6) is -2.14. The van der Waals surface area contributed by atoms with Crippen molar-refractivity contribution in [2.75, 3.05) is 46.6 Å². The highest BCUT2D eigenvalue weighted by atomic mass is 16.5. The van der Waals surface area contributed by atoms with Gasteiger partial charge in [-0.05, 0) is 48.3 Å². The molecule has 3 amide bonds. The van der Waals surface area contributed by atoms with E-state index in [0.29, 0.717) is 25.7 Å². The van der Waals surface area contributed by atoms with Crippen molar-refractivity contribution < 1.29 is 33.8 Å². The van der Waals surface area contributed by atoms with E-state index in [2.05, 4.69) is 20.9 Å². The van der Waals surface area contributed by atoms with E-state index in [-0.39, 0.29) is 37.2 Å². The second-order valence-electron chi connectivity index (χ2n) is 12.9. The molecule has 11 nitrogen and oxygen atoms in total. The minimum absolute atomic E-state index is 0.0946. The van der Waals surface area contributed by atoms with Crippen LogP contribution in [0.25, 0.3) is 0 Å². The lowest BCUT2D eigenvalue weighted by Gasteiger charge is -2.27. The molecule has 4 N–H and O–H groups in total. The summed E-state index contributed by atoms with van der Waals surface area (Å²) < 4.78 is 10.7. The van der Waals surface area contributed by atoms with Crippen LogP contribution in [0.5, 0.6) is 0 Å². The Morgan fingerprint density at radius 2 is 1.48 bits per heavy atom. The highest BCUT2D eigenvalue weighted by Crippen LogP contribution is 2.14. The molecular weight excluding hydrogens is 612 g/mol. The molecule has 0 spiro atoms. The molecule has 1 unspecified atom stereocenters. The van der Waals surface area contributed by atoms with Crippen molar-refractivity contribution in [3.63, 3.8) is 0 Å². The lowest BCUT2D eigenvalue weighted by Crippen LogP contribution is -2.57. The summed E-state index contributed by atoms with van der Waals surface area (Å²) in [6.45, 7) is 9.33. The van der Waals surface area contributed by atoms with Crippen molar-refractivity contribution in [1.29, 1.82) is 0 Å². The van der Waals surface area contributed by atoms with Crippen LogP contribution < -0.4 is 16.0 Å². The monoisotopic (exact) mass is 666 g/mol. The number of Topliss-reactive ketones (excluding diaryl/α,β-unsaturated/α-hetero) is 1. The van der Waals surface area contributed by atoms with Crippen molar-refractivity contribution >= 4 is 23.5 Å². The molecule has 11 heteroatoms. The second kappa shape index (κ2) is 20.7. The number of methoxy groups -OCH3 is 1. The summed E-state index contributed by atoms with van der Waals surface area (Å²) in [6.07, 6.45) is 1.76. The number of nitrogens with one attached hydrogen (secondary N) is 3. The molecule has 0 aromatic heterocycles. The van der Waals surface area contributed by atoms with Crippen LogP contribution >= 0.6 is 0 Å². The Balaban J connectivity index is 1.69. The van der Waals surface area contributed by atoms with E-state index < -0.39 is 35.9 Å². The van der Waals surface area contributed by atoms with Gasteiger partial charge in [0.25, 0.3) is 0 Å². The van der Waals surface area contributed by atoms with Crippen molar-refractivity contribution in [3.05, 3.63) is 71.3 Å². The molecule has 48 heavy (non-hydrogen) atoms. The minimum Gasteiger partial charge on any atom is -0.396 e. The second-order valence-corrected chi connectivity index (χ2v) is 12.9. The van der Waals surface area contributed by atoms with Crippen molar-refractivity contribution in [2.45, 2.75) is 77.5 Å². The van der Waals surface area contributed by atoms with E-state index in [1.165, 1.54) is 7.11 Å². The van der Waals surface area contributed by atoms with Gasteiger partial charge in [0, 0.05) is 32.7 Å². The van der Waals surface area contributed by atoms with Gasteiger partial charge in [-0.3, -0.25) is 24.1 Å². The van der Waals surface area contributed by atoms with Gasteiger partial charge in [0.1, 0.15) is 12.1 Å². The molecule has 0 saturated carbocycles. The number of aliphatic hydroxyl groups excluding tert-OH is 1. The lowest BCUT2D eigenvalue weighted by molar-refractivity contribution is -0.135. The number of carbonyl (C=O) groups is 4. The minimum atomic E-state index is -1.10. The molecule has 1 fully saturated rings. The fraction of sp³-hybridized carbons (Fsp3) is 0.568. The number of aliphatic hydroxyl groups is 1. The number of ether oxygens (including phenoxy) is 2. The molecule has 0 aliphatic carbocycles. The van der Waals surface area contributed by atoms with Gasteiger partial charge in [0.15, 0.2) is 5.78 Å². The summed E-state index contributed by atoms with van der Waals surface area (Å²) in [6, 6.07) is 14.7. The number of benzene rings is 2. The molecule has 264 valence electrons. The molecule has 0 bridgehead atoms. The van der Waals surface area contributed by atoms with Crippen LogP contribution in [-0.2, 0) is 48.0 Å². The molecule has 3 rings (SSSR count). The Bertz CT molecular complexity index is 1280. The van der Waals surface area contributed by atoms with Gasteiger partial charge in [-0.2, -0.15) is 0 Å². The van der Waals surface area contributed by atoms with Gasteiger partial charge >= 0.3 is 0 Å². The number of carbonyl (C=O) groups excluding carboxylic acids is 4. The average molecular weight is 667 g/mol. The van der Waals surface area contributed by atoms with E-state index in [1.54, 1.807) is 0 Å². The van der Waals surface area contributed by atoms with Crippen LogP contribution in [0.2, 0.25) is 0 Å². The van der Waals surface area contributed by atoms with E-state index in [1.807, 2.05) is 75.4 Å². The SMILES string of the molecule is CCC(CO)C(=O)[C@H](CC(C)C)NC(=O)[C@H](COC)NC(=O)[C@H](CCc1ccccc1)NC(=O)Cc1ccc(CN2CCOCC2)cc1. The molecule has 1 heterocycles. The zero-order chi connectivity index (χ0) is 34.9. The zero-order valence-electron chi connectivity index (χ0n) is 28.9. The van der Waals surface area contributed by atoms with Crippen molar-refractivity contribution in [2.24, 2.45) is 11.8 Å². The van der Waals surface area contributed by atoms with Crippen LogP contribution in [0.15, 0.2) is 54.6 Å². The molecule has 1 aliphatic rings. The van der Waals surface area contributed by atoms with Gasteiger partial charge in [0.2, 0.25) is 17.7 Å². The zero-order valence-corrected chi connectivity index (χ0v) is 28.9. The van der Waals surface area contributed by atoms with E-state index >= 15 is 0 Å². The van der Waals surface area contributed by atoms with E-state index in [9.17, 15) is 24.3 Å². The first-order valence-corrected chi connectivity index (χ1v) is 17.1. The van der Waals surface area contributed by atoms with Gasteiger partial charge in [0.05, 0.1) is 38.9 Å². The number of aryl methyl sites for hydroxylation is 1. The molecule has 2 aromatic rings. The third-order valence-corrected chi connectivity index (χ3v) is 8.56. The largest absolute Gasteiger partial charge is 0.396 e. The molecule has 0 radical (unpaired) electrons. The Hall–Kier alpha value is -3.64. The van der Waals surface area contributed by atoms with Crippen LogP contribution in [-0.4, -0.2) is 98.3 Å². The number of hydrogen-bond donors (Lipinski definition) is 4. The molecule has 1 saturated heterocycles. The summed E-state index contributed by atoms with van der Waals surface area (Å²) >= 11 is 0. The van der Waals surface area contributed by atoms with Crippen LogP contribution in [0, 0.1) is 11.8 Å². The fourth-order valence-corrected chi connectivity index (χ4v) is 5.75. The Morgan fingerprint density at radius 1 is 0.854 bits per heavy atom. The van der Waals surface area contributed by atoms with Gasteiger partial charge in [-0.25, -0.2) is 0 Å². The maximum absolute atomic E-state index is 13.7. The van der Waals surface area contributed by atoms with Crippen LogP contribution in [0.3, 0.4) is 0 Å². The van der Waals surface area contributed by atoms with Crippen LogP contribution in [0.1, 0.15) is 56.7 Å². The quantitative estimate of drug-likeness (QED) is 0.169. The summed E-state index contributed by atoms with van der Waals surface area (Å²) in [5.41, 5.74) is 2.99. The van der Waals surface area contributed by atoms with Gasteiger partial charge in [-0.1, -0.05) is 75.4 Å². The van der Waals surface area contributed by atoms with Crippen molar-refractivity contribution in [3.8, 4) is 0 Å². The predicted octanol–water partition coefficient (Wildman–Crippen LogP) is 2.43. The average Bonchev–Trinajstić information content (AvgIpc) is 3.08. The molecule has 2 aromatic carbocycles. The Morgan fingerprint density at radius 3 is 2.08 bits per heavy atom. The Labute approximate surface area is 285 Å². The molecular formula is C37H54N4O7. The smallest absolute Gasteiger partial charge is 0.245 e. The first kappa shape index (κ1) is 38.8. The summed E-state index contributed by atoms with van der Waals surface area (Å²) in [5, 5.41) is 18.2. The first-order chi connectivity index (χ1) is 23.1. The summed E-state index contributed by atoms with van der Waals surface area (Å²) in [7, 11) is 1.42. The summed E-state index contributed by atoms with van der Waals surface area (Å²) in [4.78, 5) is 55.9. The normalized spacial score (nSPS) is 16.0. The number of hydrogen-bond acceptors (Lipinski definition) is 8. The first-order valence-electron chi connectivity index (χ1n) is 17.1. The number of morpholine rings is 1. The number of nitrogens with zero attached hydrogens (tertiary/aromatic N) is 1. The van der Waals surface area contributed by atoms with Gasteiger partial charge in [-0.15, -0.1) is 0 Å². The van der Waals surface area contributed by atoms with Crippen LogP contribution in [0.4, 0.5) is 0 Å². The number of ketones is 1. The molecule has 1 aliphatic heterocycles. The third kappa shape index (κ3) is 13.1. The number of rotatable bonds is 20. The van der Waals surface area contributed by atoms with E-state index in [0.717, 1.165) is 49.5 Å². The topological polar surface area (TPSA) is 146 Å². The Kier molecular flexibility index (Phi) is 16.7. The highest BCUT2D eigenvalue weighted by molar-refractivity contribution is 5.95. The third-order valence-electron chi connectivity index (χ3n) is 8.56. The van der Waals surface area contributed by atoms with Gasteiger partial charge < -0.3 is 30.5 Å². The fourth-order valence-electron chi connectivity index (χ4n) is 5.75. The van der Waals surface area contributed by atoms with E-state index in [4.69, 9.17) is 9.47 Å². The maximum Gasteiger partial charge on any atom is 0.245 e. The molecule has 4 atom stereocenters. The van der Waals surface area contributed by atoms with Crippen molar-refractivity contribution in [1.82, 2.24) is 20.9 Å². The lowest BCUT2D eigenvalue weighted by atomic mass is 9.91.